The maximum atomic E-state index is 14.6. The second-order valence-corrected chi connectivity index (χ2v) is 18.3. The fourth-order valence-corrected chi connectivity index (χ4v) is 8.00. The molecule has 0 bridgehead atoms. The van der Waals surface area contributed by atoms with Crippen LogP contribution in [0.4, 0.5) is 9.93 Å². The van der Waals surface area contributed by atoms with Crippen LogP contribution in [0, 0.1) is 0 Å². The Morgan fingerprint density at radius 1 is 0.917 bits per heavy atom. The van der Waals surface area contributed by atoms with Crippen LogP contribution in [0.1, 0.15) is 78.4 Å². The average Bonchev–Trinajstić information content (AvgIpc) is 3.88. The van der Waals surface area contributed by atoms with Gasteiger partial charge in [0.1, 0.15) is 28.9 Å². The van der Waals surface area contributed by atoms with Gasteiger partial charge in [0.05, 0.1) is 6.54 Å². The lowest BCUT2D eigenvalue weighted by Gasteiger charge is -2.41. The number of carbonyl (C=O) groups is 5. The fourth-order valence-electron chi connectivity index (χ4n) is 5.84. The Bertz CT molecular complexity index is 2330. The zero-order valence-corrected chi connectivity index (χ0v) is 35.5. The molecule has 6 rings (SSSR count). The van der Waals surface area contributed by atoms with Crippen LogP contribution < -0.4 is 22.2 Å². The standard InChI is InChI=1S/C38H44N10O10S2/c1-35(2,3)56-30(51)37(7,8)58-44-23(26-42-32(60-45-26)43-33(53)57-36(4,5)6)27(49)41-24-28(50)46-19-38(59-29(24)46,48-34(54)47(39)20-40-48)31(52)55-25(21-15-11-9-12-16-21)22-17-13-10-14-18-22/h9-18,20,24-25,29H,19,39H2,1-8H3,(H,41,49)(H,42,43,45,53)/b44-23-/t24-,29-,38-/m1/s1. The minimum Gasteiger partial charge on any atom is -0.457 e. The molecule has 22 heteroatoms. The number of ether oxygens (including phenoxy) is 3. The number of hydrogen-bond donors (Lipinski definition) is 3. The molecular formula is C38H44N10O10S2. The van der Waals surface area contributed by atoms with Crippen LogP contribution >= 0.6 is 23.3 Å². The molecule has 4 N–H and O–H groups in total. The van der Waals surface area contributed by atoms with Crippen molar-refractivity contribution in [3.05, 3.63) is 94.4 Å². The van der Waals surface area contributed by atoms with E-state index in [0.717, 1.165) is 22.8 Å². The van der Waals surface area contributed by atoms with Gasteiger partial charge < -0.3 is 35.1 Å². The number of esters is 2. The summed E-state index contributed by atoms with van der Waals surface area (Å²) in [5.41, 5.74) is -3.60. The third kappa shape index (κ3) is 9.28. The molecule has 3 atom stereocenters. The van der Waals surface area contributed by atoms with Gasteiger partial charge in [0.15, 0.2) is 6.10 Å². The zero-order chi connectivity index (χ0) is 43.8. The van der Waals surface area contributed by atoms with E-state index >= 15 is 0 Å². The first kappa shape index (κ1) is 43.3. The van der Waals surface area contributed by atoms with Crippen molar-refractivity contribution in [2.75, 3.05) is 17.7 Å². The lowest BCUT2D eigenvalue weighted by Crippen LogP contribution is -2.68. The number of fused-ring (bicyclic) bond motifs is 1. The highest BCUT2D eigenvalue weighted by Crippen LogP contribution is 2.50. The number of aromatic nitrogens is 5. The summed E-state index contributed by atoms with van der Waals surface area (Å²) in [5.74, 6) is 2.15. The smallest absolute Gasteiger partial charge is 0.414 e. The summed E-state index contributed by atoms with van der Waals surface area (Å²) in [6, 6.07) is 16.6. The van der Waals surface area contributed by atoms with E-state index in [1.807, 2.05) is 12.1 Å². The number of benzene rings is 2. The number of oxime groups is 1. The maximum Gasteiger partial charge on any atom is 0.414 e. The number of anilines is 1. The summed E-state index contributed by atoms with van der Waals surface area (Å²) in [6.45, 7) is 12.4. The number of rotatable bonds is 12. The monoisotopic (exact) mass is 864 g/mol. The highest BCUT2D eigenvalue weighted by atomic mass is 32.2. The van der Waals surface area contributed by atoms with Crippen LogP contribution in [0.15, 0.2) is 76.9 Å². The molecule has 0 spiro atoms. The van der Waals surface area contributed by atoms with Crippen LogP contribution in [0.25, 0.3) is 0 Å². The van der Waals surface area contributed by atoms with Crippen molar-refractivity contribution >= 4 is 64.0 Å². The van der Waals surface area contributed by atoms with Crippen molar-refractivity contribution in [3.8, 4) is 0 Å². The molecule has 60 heavy (non-hydrogen) atoms. The zero-order valence-electron chi connectivity index (χ0n) is 33.9. The molecule has 2 saturated heterocycles. The number of nitrogens with one attached hydrogen (secondary N) is 2. The molecule has 0 radical (unpaired) electrons. The first-order valence-electron chi connectivity index (χ1n) is 18.4. The lowest BCUT2D eigenvalue weighted by atomic mass is 10.0. The van der Waals surface area contributed by atoms with Gasteiger partial charge in [-0.3, -0.25) is 14.9 Å². The van der Waals surface area contributed by atoms with Crippen molar-refractivity contribution in [1.82, 2.24) is 34.0 Å². The first-order valence-corrected chi connectivity index (χ1v) is 20.1. The van der Waals surface area contributed by atoms with E-state index in [0.29, 0.717) is 27.3 Å². The van der Waals surface area contributed by atoms with Crippen LogP contribution in [0.2, 0.25) is 0 Å². The summed E-state index contributed by atoms with van der Waals surface area (Å²) < 4.78 is 22.6. The molecule has 2 aromatic heterocycles. The van der Waals surface area contributed by atoms with Gasteiger partial charge in [-0.2, -0.15) is 23.8 Å². The van der Waals surface area contributed by atoms with Crippen molar-refractivity contribution < 1.29 is 43.0 Å². The number of thioether (sulfide) groups is 1. The van der Waals surface area contributed by atoms with Gasteiger partial charge in [0, 0.05) is 11.5 Å². The molecular weight excluding hydrogens is 821 g/mol. The molecule has 3 amide bonds. The summed E-state index contributed by atoms with van der Waals surface area (Å²) in [5, 5.41) is 12.1. The predicted octanol–water partition coefficient (Wildman–Crippen LogP) is 2.88. The molecule has 2 aliphatic heterocycles. The molecule has 4 aromatic rings. The van der Waals surface area contributed by atoms with Gasteiger partial charge >= 0.3 is 23.7 Å². The Kier molecular flexibility index (Phi) is 11.8. The second-order valence-electron chi connectivity index (χ2n) is 16.1. The molecule has 0 saturated carbocycles. The summed E-state index contributed by atoms with van der Waals surface area (Å²) >= 11 is 1.55. The van der Waals surface area contributed by atoms with Gasteiger partial charge in [-0.25, -0.2) is 19.2 Å². The van der Waals surface area contributed by atoms with Crippen LogP contribution in [-0.4, -0.2) is 99.0 Å². The van der Waals surface area contributed by atoms with E-state index in [-0.39, 0.29) is 17.5 Å². The molecule has 318 valence electrons. The van der Waals surface area contributed by atoms with E-state index in [1.54, 1.807) is 90.1 Å². The van der Waals surface area contributed by atoms with Crippen molar-refractivity contribution in [3.63, 3.8) is 0 Å². The third-order valence-corrected chi connectivity index (χ3v) is 10.9. The maximum absolute atomic E-state index is 14.6. The number of β-lactam (4-membered cyclic amide) rings is 1. The minimum absolute atomic E-state index is 0.0687. The number of hydrogen-bond acceptors (Lipinski definition) is 17. The molecule has 2 fully saturated rings. The van der Waals surface area contributed by atoms with Crippen LogP contribution in [-0.2, 0) is 43.1 Å². The van der Waals surface area contributed by atoms with Crippen molar-refractivity contribution in [2.24, 2.45) is 5.16 Å². The van der Waals surface area contributed by atoms with Crippen molar-refractivity contribution in [1.29, 1.82) is 0 Å². The normalized spacial score (nSPS) is 19.2. The Labute approximate surface area is 351 Å². The van der Waals surface area contributed by atoms with Gasteiger partial charge in [0.2, 0.25) is 33.0 Å². The number of carbonyl (C=O) groups excluding carboxylic acids is 5. The van der Waals surface area contributed by atoms with E-state index in [2.05, 4.69) is 30.2 Å². The van der Waals surface area contributed by atoms with Crippen LogP contribution in [0.5, 0.6) is 0 Å². The van der Waals surface area contributed by atoms with E-state index < -0.39 is 80.4 Å². The van der Waals surface area contributed by atoms with Crippen molar-refractivity contribution in [2.45, 2.75) is 94.6 Å². The van der Waals surface area contributed by atoms with Gasteiger partial charge in [-0.1, -0.05) is 77.6 Å². The third-order valence-electron chi connectivity index (χ3n) is 8.63. The molecule has 4 heterocycles. The predicted molar refractivity (Wildman–Crippen MR) is 218 cm³/mol. The average molecular weight is 865 g/mol. The topological polar surface area (TPSA) is 254 Å². The number of nitrogens with two attached hydrogens (primary N) is 1. The number of nitrogens with zero attached hydrogens (tertiary/aromatic N) is 7. The fraction of sp³-hybridized carbons (Fsp3) is 0.421. The molecule has 0 aliphatic carbocycles. The Morgan fingerprint density at radius 2 is 1.52 bits per heavy atom. The minimum atomic E-state index is -1.96. The van der Waals surface area contributed by atoms with E-state index in [4.69, 9.17) is 24.9 Å². The lowest BCUT2D eigenvalue weighted by molar-refractivity contribution is -0.179. The Morgan fingerprint density at radius 3 is 2.07 bits per heavy atom. The van der Waals surface area contributed by atoms with E-state index in [9.17, 15) is 28.8 Å². The first-order chi connectivity index (χ1) is 28.1. The number of nitrogen functional groups attached to an aromatic ring is 1. The van der Waals surface area contributed by atoms with E-state index in [1.165, 1.54) is 18.7 Å². The van der Waals surface area contributed by atoms with Gasteiger partial charge in [0.25, 0.3) is 5.91 Å². The summed E-state index contributed by atoms with van der Waals surface area (Å²) in [6.07, 6.45) is -0.737. The quantitative estimate of drug-likeness (QED) is 0.0462. The SMILES string of the molecule is CC(C)(C)OC(=O)Nc1nc(/C(=N/OC(C)(C)C(=O)OC(C)(C)C)C(=O)N[C@@H]2C(=O)N3C[C@@](C(=O)OC(c4ccccc4)c4ccccc4)(n4ncn(N)c4=O)S[C@H]23)ns1. The molecule has 0 unspecified atom stereocenters. The Hall–Kier alpha value is -6.29. The summed E-state index contributed by atoms with van der Waals surface area (Å²) in [7, 11) is 0. The highest BCUT2D eigenvalue weighted by Gasteiger charge is 2.65. The summed E-state index contributed by atoms with van der Waals surface area (Å²) in [4.78, 5) is 90.4. The molecule has 2 aromatic carbocycles. The van der Waals surface area contributed by atoms with Gasteiger partial charge in [-0.15, -0.1) is 0 Å². The molecule has 2 aliphatic rings. The molecule has 20 nitrogen and oxygen atoms in total. The Balaban J connectivity index is 1.29. The number of amides is 3. The van der Waals surface area contributed by atoms with Gasteiger partial charge in [-0.05, 0) is 66.5 Å². The largest absolute Gasteiger partial charge is 0.457 e. The van der Waals surface area contributed by atoms with Crippen LogP contribution in [0.3, 0.4) is 0 Å². The highest BCUT2D eigenvalue weighted by molar-refractivity contribution is 8.01. The second kappa shape index (κ2) is 16.4.